The number of aliphatic hydroxyl groups excluding tert-OH is 1. The number of rotatable bonds is 1. The molecule has 0 bridgehead atoms. The third kappa shape index (κ3) is 1.95. The van der Waals surface area contributed by atoms with Crippen molar-refractivity contribution in [3.63, 3.8) is 0 Å². The molecule has 1 aromatic rings. The topological polar surface area (TPSA) is 44.3 Å². The summed E-state index contributed by atoms with van der Waals surface area (Å²) in [6.07, 6.45) is 0.0292. The van der Waals surface area contributed by atoms with Crippen molar-refractivity contribution < 1.29 is 9.50 Å². The monoisotopic (exact) mass is 260 g/mol. The molecule has 2 atom stereocenters. The molecular weight excluding hydrogens is 251 g/mol. The number of hydrogen-bond acceptors (Lipinski definition) is 3. The summed E-state index contributed by atoms with van der Waals surface area (Å²) >= 11 is 3.29. The Labute approximate surface area is 89.4 Å². The smallest absolute Gasteiger partial charge is 0.124 e. The first-order valence-corrected chi connectivity index (χ1v) is 5.10. The zero-order valence-electron chi connectivity index (χ0n) is 7.30. The fraction of sp³-hybridized carbons (Fsp3) is 0.333. The number of nitrogens with one attached hydrogen (secondary N) is 2. The molecule has 2 unspecified atom stereocenters. The first-order valence-electron chi connectivity index (χ1n) is 4.31. The van der Waals surface area contributed by atoms with E-state index in [9.17, 15) is 9.50 Å². The summed E-state index contributed by atoms with van der Waals surface area (Å²) in [5.41, 5.74) is 6.57. The molecular formula is C9H10BrFN2O. The highest BCUT2D eigenvalue weighted by Gasteiger charge is 2.24. The lowest BCUT2D eigenvalue weighted by Crippen LogP contribution is -2.30. The van der Waals surface area contributed by atoms with Gasteiger partial charge in [-0.05, 0) is 17.7 Å². The zero-order chi connectivity index (χ0) is 10.1. The minimum atomic E-state index is -0.544. The first kappa shape index (κ1) is 10.0. The molecule has 0 aliphatic carbocycles. The summed E-state index contributed by atoms with van der Waals surface area (Å²) in [4.78, 5) is 0. The molecule has 0 aromatic heterocycles. The second kappa shape index (κ2) is 3.94. The van der Waals surface area contributed by atoms with Crippen LogP contribution in [0, 0.1) is 5.82 Å². The van der Waals surface area contributed by atoms with Crippen molar-refractivity contribution in [2.24, 2.45) is 0 Å². The van der Waals surface area contributed by atoms with Gasteiger partial charge in [-0.15, -0.1) is 0 Å². The van der Waals surface area contributed by atoms with Crippen molar-refractivity contribution in [1.82, 2.24) is 10.9 Å². The van der Waals surface area contributed by atoms with Crippen LogP contribution in [0.1, 0.15) is 18.0 Å². The largest absolute Gasteiger partial charge is 0.377 e. The predicted octanol–water partition coefficient (Wildman–Crippen LogP) is 1.45. The molecule has 3 N–H and O–H groups in total. The van der Waals surface area contributed by atoms with Gasteiger partial charge in [-0.2, -0.15) is 0 Å². The Morgan fingerprint density at radius 3 is 2.79 bits per heavy atom. The van der Waals surface area contributed by atoms with Crippen LogP contribution in [0.3, 0.4) is 0 Å². The average Bonchev–Trinajstić information content (AvgIpc) is 2.51. The van der Waals surface area contributed by atoms with Crippen LogP contribution in [0.2, 0.25) is 0 Å². The maximum atomic E-state index is 12.8. The average molecular weight is 261 g/mol. The van der Waals surface area contributed by atoms with Gasteiger partial charge in [0.2, 0.25) is 0 Å². The number of aliphatic hydroxyl groups is 1. The van der Waals surface area contributed by atoms with Crippen LogP contribution in [0.15, 0.2) is 22.7 Å². The van der Waals surface area contributed by atoms with Crippen molar-refractivity contribution >= 4 is 15.9 Å². The van der Waals surface area contributed by atoms with Crippen molar-refractivity contribution in [3.05, 3.63) is 34.1 Å². The molecule has 1 aromatic carbocycles. The summed E-state index contributed by atoms with van der Waals surface area (Å²) in [5, 5.41) is 9.24. The van der Waals surface area contributed by atoms with Gasteiger partial charge in [-0.3, -0.25) is 0 Å². The van der Waals surface area contributed by atoms with Gasteiger partial charge in [0.25, 0.3) is 0 Å². The number of benzene rings is 1. The van der Waals surface area contributed by atoms with Crippen LogP contribution in [0.4, 0.5) is 4.39 Å². The van der Waals surface area contributed by atoms with E-state index in [2.05, 4.69) is 26.8 Å². The van der Waals surface area contributed by atoms with Gasteiger partial charge in [0.15, 0.2) is 0 Å². The summed E-state index contributed by atoms with van der Waals surface area (Å²) in [5.74, 6) is -0.271. The first-order chi connectivity index (χ1) is 6.66. The number of hydrogen-bond donors (Lipinski definition) is 3. The Balaban J connectivity index is 2.24. The van der Waals surface area contributed by atoms with Crippen LogP contribution in [-0.2, 0) is 0 Å². The second-order valence-electron chi connectivity index (χ2n) is 3.26. The third-order valence-corrected chi connectivity index (χ3v) is 2.91. The molecule has 1 fully saturated rings. The fourth-order valence-electron chi connectivity index (χ4n) is 1.53. The third-order valence-electron chi connectivity index (χ3n) is 2.22. The van der Waals surface area contributed by atoms with Gasteiger partial charge in [-0.1, -0.05) is 22.0 Å². The maximum Gasteiger partial charge on any atom is 0.124 e. The van der Waals surface area contributed by atoms with Gasteiger partial charge in [0, 0.05) is 10.9 Å². The lowest BCUT2D eigenvalue weighted by atomic mass is 10.1. The lowest BCUT2D eigenvalue weighted by Gasteiger charge is -2.11. The summed E-state index contributed by atoms with van der Waals surface area (Å²) in [7, 11) is 0. The molecule has 2 rings (SSSR count). The van der Waals surface area contributed by atoms with E-state index in [1.165, 1.54) is 12.1 Å². The molecule has 14 heavy (non-hydrogen) atoms. The predicted molar refractivity (Wildman–Crippen MR) is 53.7 cm³/mol. The fourth-order valence-corrected chi connectivity index (χ4v) is 2.15. The summed E-state index contributed by atoms with van der Waals surface area (Å²) in [6.45, 7) is 0. The Bertz CT molecular complexity index is 348. The molecule has 76 valence electrons. The molecule has 0 amide bonds. The highest BCUT2D eigenvalue weighted by Crippen LogP contribution is 2.28. The van der Waals surface area contributed by atoms with E-state index >= 15 is 0 Å². The SMILES string of the molecule is OC1CC(c2ccc(F)cc2Br)NN1. The number of halogens is 2. The molecule has 3 nitrogen and oxygen atoms in total. The molecule has 1 saturated heterocycles. The van der Waals surface area contributed by atoms with Gasteiger partial charge < -0.3 is 5.11 Å². The normalized spacial score (nSPS) is 26.8. The minimum Gasteiger partial charge on any atom is -0.377 e. The van der Waals surface area contributed by atoms with Gasteiger partial charge in [-0.25, -0.2) is 15.2 Å². The van der Waals surface area contributed by atoms with Crippen LogP contribution >= 0.6 is 15.9 Å². The second-order valence-corrected chi connectivity index (χ2v) is 4.11. The Kier molecular flexibility index (Phi) is 2.83. The van der Waals surface area contributed by atoms with E-state index < -0.39 is 6.23 Å². The highest BCUT2D eigenvalue weighted by molar-refractivity contribution is 9.10. The van der Waals surface area contributed by atoms with Crippen LogP contribution < -0.4 is 10.9 Å². The standard InChI is InChI=1S/C9H10BrFN2O/c10-7-3-5(11)1-2-6(7)8-4-9(14)13-12-8/h1-3,8-9,12-14H,4H2. The van der Waals surface area contributed by atoms with Gasteiger partial charge >= 0.3 is 0 Å². The number of hydrazine groups is 1. The van der Waals surface area contributed by atoms with Crippen LogP contribution in [-0.4, -0.2) is 11.3 Å². The van der Waals surface area contributed by atoms with E-state index in [4.69, 9.17) is 0 Å². The van der Waals surface area contributed by atoms with E-state index in [1.807, 2.05) is 0 Å². The van der Waals surface area contributed by atoms with E-state index in [0.29, 0.717) is 10.9 Å². The molecule has 1 aliphatic rings. The zero-order valence-corrected chi connectivity index (χ0v) is 8.88. The van der Waals surface area contributed by atoms with Crippen molar-refractivity contribution in [2.45, 2.75) is 18.7 Å². The molecule has 0 saturated carbocycles. The molecule has 1 aliphatic heterocycles. The van der Waals surface area contributed by atoms with Crippen molar-refractivity contribution in [3.8, 4) is 0 Å². The highest BCUT2D eigenvalue weighted by atomic mass is 79.9. The van der Waals surface area contributed by atoms with Crippen LogP contribution in [0.25, 0.3) is 0 Å². The quantitative estimate of drug-likeness (QED) is 0.716. The maximum absolute atomic E-state index is 12.8. The molecule has 1 heterocycles. The van der Waals surface area contributed by atoms with Gasteiger partial charge in [0.1, 0.15) is 12.0 Å². The summed E-state index contributed by atoms with van der Waals surface area (Å²) < 4.78 is 13.5. The minimum absolute atomic E-state index is 0.0139. The Hall–Kier alpha value is -0.490. The van der Waals surface area contributed by atoms with E-state index in [-0.39, 0.29) is 11.9 Å². The van der Waals surface area contributed by atoms with Crippen molar-refractivity contribution in [1.29, 1.82) is 0 Å². The van der Waals surface area contributed by atoms with E-state index in [0.717, 1.165) is 5.56 Å². The Morgan fingerprint density at radius 1 is 1.43 bits per heavy atom. The van der Waals surface area contributed by atoms with Crippen molar-refractivity contribution in [2.75, 3.05) is 0 Å². The molecule has 0 radical (unpaired) electrons. The lowest BCUT2D eigenvalue weighted by molar-refractivity contribution is 0.153. The Morgan fingerprint density at radius 2 is 2.21 bits per heavy atom. The van der Waals surface area contributed by atoms with E-state index in [1.54, 1.807) is 6.07 Å². The van der Waals surface area contributed by atoms with Crippen LogP contribution in [0.5, 0.6) is 0 Å². The molecule has 0 spiro atoms. The summed E-state index contributed by atoms with van der Waals surface area (Å²) in [6, 6.07) is 4.55. The molecule has 5 heteroatoms. The van der Waals surface area contributed by atoms with Gasteiger partial charge in [0.05, 0.1) is 6.04 Å².